The van der Waals surface area contributed by atoms with Crippen LogP contribution < -0.4 is 0 Å². The lowest BCUT2D eigenvalue weighted by atomic mass is 10.1. The fourth-order valence-electron chi connectivity index (χ4n) is 1.88. The van der Waals surface area contributed by atoms with Crippen molar-refractivity contribution in [3.63, 3.8) is 0 Å². The predicted octanol–water partition coefficient (Wildman–Crippen LogP) is 3.83. The Morgan fingerprint density at radius 3 is 2.20 bits per heavy atom. The highest BCUT2D eigenvalue weighted by Gasteiger charge is 2.10. The number of hydrogen-bond acceptors (Lipinski definition) is 2. The van der Waals surface area contributed by atoms with Crippen molar-refractivity contribution in [2.75, 3.05) is 7.05 Å². The Kier molecular flexibility index (Phi) is 5.10. The van der Waals surface area contributed by atoms with Gasteiger partial charge in [0.2, 0.25) is 5.91 Å². The van der Waals surface area contributed by atoms with Crippen LogP contribution in [0.2, 0.25) is 5.02 Å². The van der Waals surface area contributed by atoms with Gasteiger partial charge in [-0.1, -0.05) is 35.9 Å². The fourth-order valence-corrected chi connectivity index (χ4v) is 2.15. The molecule has 104 valence electrons. The Hall–Kier alpha value is -1.45. The Labute approximate surface area is 129 Å². The number of likely N-dealkylation sites (N-methyl/N-ethyl adjacent to an activating group) is 1. The SMILES string of the molecule is CN(Cc1ccc(Cl)cc1)C(=O)Cc1ccc(S)cc1. The minimum Gasteiger partial charge on any atom is -0.341 e. The number of hydrogen-bond donors (Lipinski definition) is 1. The zero-order valence-corrected chi connectivity index (χ0v) is 12.9. The molecule has 0 aromatic heterocycles. The first-order valence-corrected chi connectivity index (χ1v) is 7.13. The van der Waals surface area contributed by atoms with Crippen molar-refractivity contribution in [1.29, 1.82) is 0 Å². The molecule has 4 heteroatoms. The van der Waals surface area contributed by atoms with Crippen LogP contribution in [0, 0.1) is 0 Å². The molecular weight excluding hydrogens is 290 g/mol. The molecule has 1 amide bonds. The van der Waals surface area contributed by atoms with Gasteiger partial charge in [0.15, 0.2) is 0 Å². The Morgan fingerprint density at radius 2 is 1.60 bits per heavy atom. The van der Waals surface area contributed by atoms with Crippen LogP contribution >= 0.6 is 24.2 Å². The highest BCUT2D eigenvalue weighted by atomic mass is 35.5. The molecule has 0 N–H and O–H groups in total. The van der Waals surface area contributed by atoms with E-state index in [1.807, 2.05) is 55.6 Å². The van der Waals surface area contributed by atoms with Crippen LogP contribution in [0.25, 0.3) is 0 Å². The van der Waals surface area contributed by atoms with E-state index in [-0.39, 0.29) is 5.91 Å². The van der Waals surface area contributed by atoms with E-state index >= 15 is 0 Å². The van der Waals surface area contributed by atoms with Crippen molar-refractivity contribution in [3.05, 3.63) is 64.7 Å². The summed E-state index contributed by atoms with van der Waals surface area (Å²) in [6, 6.07) is 15.2. The zero-order valence-electron chi connectivity index (χ0n) is 11.2. The van der Waals surface area contributed by atoms with E-state index in [2.05, 4.69) is 12.6 Å². The average Bonchev–Trinajstić information content (AvgIpc) is 2.44. The van der Waals surface area contributed by atoms with Crippen molar-refractivity contribution in [3.8, 4) is 0 Å². The molecule has 2 aromatic carbocycles. The second-order valence-corrected chi connectivity index (χ2v) is 5.67. The standard InChI is InChI=1S/C16H16ClNOS/c1-18(11-13-2-6-14(17)7-3-13)16(19)10-12-4-8-15(20)9-5-12/h2-9,20H,10-11H2,1H3. The van der Waals surface area contributed by atoms with Crippen LogP contribution in [-0.2, 0) is 17.8 Å². The molecule has 0 atom stereocenters. The van der Waals surface area contributed by atoms with Crippen LogP contribution in [0.3, 0.4) is 0 Å². The molecule has 0 saturated heterocycles. The van der Waals surface area contributed by atoms with E-state index in [0.717, 1.165) is 16.0 Å². The maximum absolute atomic E-state index is 12.1. The molecular formula is C16H16ClNOS. The fraction of sp³-hybridized carbons (Fsp3) is 0.188. The second-order valence-electron chi connectivity index (χ2n) is 4.72. The molecule has 2 rings (SSSR count). The Bertz CT molecular complexity index is 580. The quantitative estimate of drug-likeness (QED) is 0.851. The summed E-state index contributed by atoms with van der Waals surface area (Å²) in [5.74, 6) is 0.0897. The first-order chi connectivity index (χ1) is 9.54. The number of carbonyl (C=O) groups excluding carboxylic acids is 1. The summed E-state index contributed by atoms with van der Waals surface area (Å²) >= 11 is 10.1. The maximum atomic E-state index is 12.1. The van der Waals surface area contributed by atoms with E-state index in [1.54, 1.807) is 4.90 Å². The summed E-state index contributed by atoms with van der Waals surface area (Å²) in [4.78, 5) is 14.8. The largest absolute Gasteiger partial charge is 0.341 e. The second kappa shape index (κ2) is 6.82. The summed E-state index contributed by atoms with van der Waals surface area (Å²) in [5, 5.41) is 0.703. The minimum absolute atomic E-state index is 0.0897. The van der Waals surface area contributed by atoms with Gasteiger partial charge in [0.25, 0.3) is 0 Å². The van der Waals surface area contributed by atoms with Crippen molar-refractivity contribution in [1.82, 2.24) is 4.90 Å². The Morgan fingerprint density at radius 1 is 1.05 bits per heavy atom. The molecule has 0 radical (unpaired) electrons. The van der Waals surface area contributed by atoms with Gasteiger partial charge in [0.1, 0.15) is 0 Å². The van der Waals surface area contributed by atoms with Crippen LogP contribution in [-0.4, -0.2) is 17.9 Å². The summed E-state index contributed by atoms with van der Waals surface area (Å²) < 4.78 is 0. The predicted molar refractivity (Wildman–Crippen MR) is 85.3 cm³/mol. The molecule has 0 spiro atoms. The van der Waals surface area contributed by atoms with Gasteiger partial charge in [-0.25, -0.2) is 0 Å². The zero-order chi connectivity index (χ0) is 14.5. The third kappa shape index (κ3) is 4.29. The van der Waals surface area contributed by atoms with E-state index in [9.17, 15) is 4.79 Å². The van der Waals surface area contributed by atoms with E-state index in [4.69, 9.17) is 11.6 Å². The molecule has 0 heterocycles. The number of rotatable bonds is 4. The first kappa shape index (κ1) is 14.9. The van der Waals surface area contributed by atoms with Gasteiger partial charge in [-0.3, -0.25) is 4.79 Å². The third-order valence-electron chi connectivity index (χ3n) is 3.05. The van der Waals surface area contributed by atoms with Crippen molar-refractivity contribution in [2.45, 2.75) is 17.9 Å². The molecule has 0 aliphatic carbocycles. The molecule has 2 aromatic rings. The van der Waals surface area contributed by atoms with Gasteiger partial charge in [-0.2, -0.15) is 0 Å². The molecule has 0 saturated carbocycles. The van der Waals surface area contributed by atoms with Gasteiger partial charge in [-0.15, -0.1) is 12.6 Å². The lowest BCUT2D eigenvalue weighted by Gasteiger charge is -2.17. The van der Waals surface area contributed by atoms with Crippen LogP contribution in [0.4, 0.5) is 0 Å². The number of carbonyl (C=O) groups is 1. The summed E-state index contributed by atoms with van der Waals surface area (Å²) in [7, 11) is 1.81. The minimum atomic E-state index is 0.0897. The number of halogens is 1. The van der Waals surface area contributed by atoms with Crippen LogP contribution in [0.5, 0.6) is 0 Å². The lowest BCUT2D eigenvalue weighted by Crippen LogP contribution is -2.27. The van der Waals surface area contributed by atoms with E-state index in [0.29, 0.717) is 18.0 Å². The number of nitrogens with zero attached hydrogens (tertiary/aromatic N) is 1. The molecule has 0 aliphatic rings. The van der Waals surface area contributed by atoms with Crippen molar-refractivity contribution < 1.29 is 4.79 Å². The van der Waals surface area contributed by atoms with Crippen molar-refractivity contribution in [2.24, 2.45) is 0 Å². The third-order valence-corrected chi connectivity index (χ3v) is 3.60. The first-order valence-electron chi connectivity index (χ1n) is 6.31. The van der Waals surface area contributed by atoms with Crippen molar-refractivity contribution >= 4 is 30.1 Å². The maximum Gasteiger partial charge on any atom is 0.227 e. The topological polar surface area (TPSA) is 20.3 Å². The smallest absolute Gasteiger partial charge is 0.227 e. The van der Waals surface area contributed by atoms with Gasteiger partial charge in [0, 0.05) is 23.5 Å². The normalized spacial score (nSPS) is 10.3. The molecule has 2 nitrogen and oxygen atoms in total. The number of benzene rings is 2. The Balaban J connectivity index is 1.94. The average molecular weight is 306 g/mol. The van der Waals surface area contributed by atoms with E-state index < -0.39 is 0 Å². The molecule has 0 aliphatic heterocycles. The van der Waals surface area contributed by atoms with Gasteiger partial charge in [0.05, 0.1) is 6.42 Å². The lowest BCUT2D eigenvalue weighted by molar-refractivity contribution is -0.129. The molecule has 0 bridgehead atoms. The highest BCUT2D eigenvalue weighted by molar-refractivity contribution is 7.80. The summed E-state index contributed by atoms with van der Waals surface area (Å²) in [6.45, 7) is 0.584. The number of amides is 1. The summed E-state index contributed by atoms with van der Waals surface area (Å²) in [6.07, 6.45) is 0.401. The van der Waals surface area contributed by atoms with Crippen LogP contribution in [0.15, 0.2) is 53.4 Å². The highest BCUT2D eigenvalue weighted by Crippen LogP contribution is 2.12. The molecule has 0 unspecified atom stereocenters. The van der Waals surface area contributed by atoms with Gasteiger partial charge in [-0.05, 0) is 35.4 Å². The molecule has 20 heavy (non-hydrogen) atoms. The summed E-state index contributed by atoms with van der Waals surface area (Å²) in [5.41, 5.74) is 2.06. The van der Waals surface area contributed by atoms with E-state index in [1.165, 1.54) is 0 Å². The number of thiol groups is 1. The van der Waals surface area contributed by atoms with Gasteiger partial charge < -0.3 is 4.90 Å². The van der Waals surface area contributed by atoms with Crippen LogP contribution in [0.1, 0.15) is 11.1 Å². The monoisotopic (exact) mass is 305 g/mol. The van der Waals surface area contributed by atoms with Gasteiger partial charge >= 0.3 is 0 Å². The molecule has 0 fully saturated rings.